The Hall–Kier alpha value is -0.900. The molecule has 0 saturated carbocycles. The standard InChI is InChI=1S/C13H17BrN2O/c1-13(2)4-3-5-16(9-13)12(17)10-6-11(14)8-15-7-10/h6-8H,3-5,9H2,1-2H3. The van der Waals surface area contributed by atoms with Gasteiger partial charge >= 0.3 is 0 Å². The van der Waals surface area contributed by atoms with Gasteiger partial charge in [0, 0.05) is 30.0 Å². The normalized spacial score (nSPS) is 19.1. The van der Waals surface area contributed by atoms with E-state index in [0.29, 0.717) is 5.56 Å². The van der Waals surface area contributed by atoms with Gasteiger partial charge in [0.05, 0.1) is 5.56 Å². The summed E-state index contributed by atoms with van der Waals surface area (Å²) >= 11 is 3.34. The van der Waals surface area contributed by atoms with E-state index in [9.17, 15) is 4.79 Å². The first-order valence-corrected chi connectivity index (χ1v) is 6.67. The Morgan fingerprint density at radius 1 is 1.47 bits per heavy atom. The van der Waals surface area contributed by atoms with Crippen LogP contribution < -0.4 is 0 Å². The van der Waals surface area contributed by atoms with Crippen molar-refractivity contribution >= 4 is 21.8 Å². The van der Waals surface area contributed by atoms with Crippen LogP contribution in [0.15, 0.2) is 22.9 Å². The maximum Gasteiger partial charge on any atom is 0.255 e. The maximum absolute atomic E-state index is 12.3. The molecule has 1 aliphatic rings. The quantitative estimate of drug-likeness (QED) is 0.798. The number of nitrogens with zero attached hydrogens (tertiary/aromatic N) is 2. The fourth-order valence-electron chi connectivity index (χ4n) is 2.31. The van der Waals surface area contributed by atoms with Crippen LogP contribution in [0.2, 0.25) is 0 Å². The van der Waals surface area contributed by atoms with Gasteiger partial charge in [0.2, 0.25) is 0 Å². The number of amides is 1. The van der Waals surface area contributed by atoms with Crippen LogP contribution in [0, 0.1) is 5.41 Å². The van der Waals surface area contributed by atoms with Crippen LogP contribution in [0.5, 0.6) is 0 Å². The first kappa shape index (κ1) is 12.6. The summed E-state index contributed by atoms with van der Waals surface area (Å²) in [6.45, 7) is 6.12. The summed E-state index contributed by atoms with van der Waals surface area (Å²) in [7, 11) is 0. The van der Waals surface area contributed by atoms with Gasteiger partial charge < -0.3 is 4.90 Å². The number of carbonyl (C=O) groups is 1. The van der Waals surface area contributed by atoms with Crippen molar-refractivity contribution in [3.63, 3.8) is 0 Å². The summed E-state index contributed by atoms with van der Waals surface area (Å²) in [6.07, 6.45) is 5.60. The van der Waals surface area contributed by atoms with Crippen LogP contribution in [0.25, 0.3) is 0 Å². The van der Waals surface area contributed by atoms with Gasteiger partial charge in [-0.1, -0.05) is 13.8 Å². The Kier molecular flexibility index (Phi) is 3.52. The Labute approximate surface area is 110 Å². The molecule has 1 aromatic heterocycles. The molecule has 0 aromatic carbocycles. The third-order valence-corrected chi connectivity index (χ3v) is 3.57. The van der Waals surface area contributed by atoms with E-state index in [-0.39, 0.29) is 11.3 Å². The molecule has 17 heavy (non-hydrogen) atoms. The van der Waals surface area contributed by atoms with E-state index in [1.165, 1.54) is 6.42 Å². The molecule has 1 amide bonds. The van der Waals surface area contributed by atoms with E-state index < -0.39 is 0 Å². The molecule has 2 heterocycles. The number of pyridine rings is 1. The first-order valence-electron chi connectivity index (χ1n) is 5.88. The highest BCUT2D eigenvalue weighted by atomic mass is 79.9. The van der Waals surface area contributed by atoms with Crippen molar-refractivity contribution in [1.29, 1.82) is 0 Å². The number of rotatable bonds is 1. The molecule has 0 N–H and O–H groups in total. The average Bonchev–Trinajstić information content (AvgIpc) is 2.26. The summed E-state index contributed by atoms with van der Waals surface area (Å²) in [5.74, 6) is 0.0894. The molecule has 0 bridgehead atoms. The summed E-state index contributed by atoms with van der Waals surface area (Å²) in [6, 6.07) is 1.83. The highest BCUT2D eigenvalue weighted by Gasteiger charge is 2.29. The van der Waals surface area contributed by atoms with Gasteiger partial charge in [-0.3, -0.25) is 9.78 Å². The minimum Gasteiger partial charge on any atom is -0.338 e. The smallest absolute Gasteiger partial charge is 0.255 e. The first-order chi connectivity index (χ1) is 7.98. The second kappa shape index (κ2) is 4.77. The van der Waals surface area contributed by atoms with Crippen molar-refractivity contribution in [2.75, 3.05) is 13.1 Å². The zero-order valence-corrected chi connectivity index (χ0v) is 11.8. The summed E-state index contributed by atoms with van der Waals surface area (Å²) in [5.41, 5.74) is 0.893. The lowest BCUT2D eigenvalue weighted by atomic mass is 9.84. The van der Waals surface area contributed by atoms with Crippen molar-refractivity contribution in [3.05, 3.63) is 28.5 Å². The number of halogens is 1. The molecule has 0 atom stereocenters. The fraction of sp³-hybridized carbons (Fsp3) is 0.538. The predicted molar refractivity (Wildman–Crippen MR) is 70.9 cm³/mol. The number of piperidine rings is 1. The van der Waals surface area contributed by atoms with Crippen LogP contribution in [0.4, 0.5) is 0 Å². The van der Waals surface area contributed by atoms with E-state index in [1.807, 2.05) is 11.0 Å². The summed E-state index contributed by atoms with van der Waals surface area (Å²) in [5, 5.41) is 0. The maximum atomic E-state index is 12.3. The molecule has 1 fully saturated rings. The van der Waals surface area contributed by atoms with Crippen LogP contribution in [0.3, 0.4) is 0 Å². The summed E-state index contributed by atoms with van der Waals surface area (Å²) in [4.78, 5) is 18.3. The van der Waals surface area contributed by atoms with Gasteiger partial charge in [-0.2, -0.15) is 0 Å². The van der Waals surface area contributed by atoms with Crippen molar-refractivity contribution in [2.24, 2.45) is 5.41 Å². The largest absolute Gasteiger partial charge is 0.338 e. The molecule has 92 valence electrons. The number of likely N-dealkylation sites (tertiary alicyclic amines) is 1. The Balaban J connectivity index is 2.15. The lowest BCUT2D eigenvalue weighted by molar-refractivity contribution is 0.0583. The number of carbonyl (C=O) groups excluding carboxylic acids is 1. The van der Waals surface area contributed by atoms with Crippen LogP contribution in [-0.2, 0) is 0 Å². The third-order valence-electron chi connectivity index (χ3n) is 3.14. The number of hydrogen-bond donors (Lipinski definition) is 0. The van der Waals surface area contributed by atoms with Gasteiger partial charge in [-0.25, -0.2) is 0 Å². The predicted octanol–water partition coefficient (Wildman–Crippen LogP) is 3.11. The van der Waals surface area contributed by atoms with Gasteiger partial charge in [0.15, 0.2) is 0 Å². The third kappa shape index (κ3) is 3.06. The van der Waals surface area contributed by atoms with E-state index in [2.05, 4.69) is 34.8 Å². The topological polar surface area (TPSA) is 33.2 Å². The Morgan fingerprint density at radius 2 is 2.24 bits per heavy atom. The van der Waals surface area contributed by atoms with E-state index in [0.717, 1.165) is 24.0 Å². The molecule has 0 unspecified atom stereocenters. The van der Waals surface area contributed by atoms with E-state index in [1.54, 1.807) is 12.4 Å². The van der Waals surface area contributed by atoms with Crippen LogP contribution in [-0.4, -0.2) is 28.9 Å². The van der Waals surface area contributed by atoms with Gasteiger partial charge in [0.1, 0.15) is 0 Å². The molecule has 3 nitrogen and oxygen atoms in total. The molecule has 1 aromatic rings. The highest BCUT2D eigenvalue weighted by Crippen LogP contribution is 2.29. The zero-order valence-electron chi connectivity index (χ0n) is 10.2. The lowest BCUT2D eigenvalue weighted by Gasteiger charge is -2.38. The van der Waals surface area contributed by atoms with Gasteiger partial charge in [-0.05, 0) is 40.3 Å². The van der Waals surface area contributed by atoms with Crippen molar-refractivity contribution in [1.82, 2.24) is 9.88 Å². The van der Waals surface area contributed by atoms with Gasteiger partial charge in [0.25, 0.3) is 5.91 Å². The summed E-state index contributed by atoms with van der Waals surface area (Å²) < 4.78 is 0.847. The van der Waals surface area contributed by atoms with Crippen molar-refractivity contribution in [2.45, 2.75) is 26.7 Å². The second-order valence-electron chi connectivity index (χ2n) is 5.39. The molecule has 1 saturated heterocycles. The van der Waals surface area contributed by atoms with Crippen molar-refractivity contribution < 1.29 is 4.79 Å². The van der Waals surface area contributed by atoms with E-state index >= 15 is 0 Å². The second-order valence-corrected chi connectivity index (χ2v) is 6.30. The molecule has 2 rings (SSSR count). The highest BCUT2D eigenvalue weighted by molar-refractivity contribution is 9.10. The zero-order chi connectivity index (χ0) is 12.5. The Morgan fingerprint density at radius 3 is 2.88 bits per heavy atom. The number of aromatic nitrogens is 1. The molecule has 0 spiro atoms. The van der Waals surface area contributed by atoms with Crippen molar-refractivity contribution in [3.8, 4) is 0 Å². The minimum absolute atomic E-state index is 0.0894. The molecular formula is C13H17BrN2O. The SMILES string of the molecule is CC1(C)CCCN(C(=O)c2cncc(Br)c2)C1. The van der Waals surface area contributed by atoms with Gasteiger partial charge in [-0.15, -0.1) is 0 Å². The minimum atomic E-state index is 0.0894. The van der Waals surface area contributed by atoms with Crippen LogP contribution in [0.1, 0.15) is 37.0 Å². The van der Waals surface area contributed by atoms with E-state index in [4.69, 9.17) is 0 Å². The molecule has 4 heteroatoms. The monoisotopic (exact) mass is 296 g/mol. The van der Waals surface area contributed by atoms with Crippen LogP contribution >= 0.6 is 15.9 Å². The molecule has 0 aliphatic carbocycles. The Bertz CT molecular complexity index is 431. The fourth-order valence-corrected chi connectivity index (χ4v) is 2.67. The molecular weight excluding hydrogens is 280 g/mol. The molecule has 0 radical (unpaired) electrons. The molecule has 1 aliphatic heterocycles. The average molecular weight is 297 g/mol. The number of hydrogen-bond acceptors (Lipinski definition) is 2. The lowest BCUT2D eigenvalue weighted by Crippen LogP contribution is -2.43.